The number of fused-ring (bicyclic) bond motifs is 1. The van der Waals surface area contributed by atoms with Gasteiger partial charge >= 0.3 is 6.03 Å². The molecule has 132 valence electrons. The first-order chi connectivity index (χ1) is 12.0. The van der Waals surface area contributed by atoms with Gasteiger partial charge in [-0.2, -0.15) is 0 Å². The van der Waals surface area contributed by atoms with E-state index in [1.54, 1.807) is 0 Å². The lowest BCUT2D eigenvalue weighted by Crippen LogP contribution is -2.52. The van der Waals surface area contributed by atoms with Gasteiger partial charge in [0, 0.05) is 11.4 Å². The number of hydrogen-bond donors (Lipinski definition) is 3. The summed E-state index contributed by atoms with van der Waals surface area (Å²) in [6.07, 6.45) is 3.01. The van der Waals surface area contributed by atoms with Crippen LogP contribution in [0.1, 0.15) is 50.0 Å². The molecule has 25 heavy (non-hydrogen) atoms. The Kier molecular flexibility index (Phi) is 3.80. The maximum Gasteiger partial charge on any atom is 0.322 e. The van der Waals surface area contributed by atoms with Crippen LogP contribution in [0.5, 0.6) is 0 Å². The quantitative estimate of drug-likeness (QED) is 0.750. The van der Waals surface area contributed by atoms with Gasteiger partial charge in [0.15, 0.2) is 0 Å². The second-order valence-corrected chi connectivity index (χ2v) is 7.24. The molecule has 6 nitrogen and oxygen atoms in total. The Labute approximate surface area is 146 Å². The minimum absolute atomic E-state index is 0.0958. The number of rotatable bonds is 3. The predicted molar refractivity (Wildman–Crippen MR) is 94.2 cm³/mol. The molecule has 2 aromatic rings. The minimum atomic E-state index is -0.701. The first-order valence-corrected chi connectivity index (χ1v) is 8.86. The maximum atomic E-state index is 12.0. The van der Waals surface area contributed by atoms with Gasteiger partial charge in [-0.15, -0.1) is 0 Å². The van der Waals surface area contributed by atoms with Crippen molar-refractivity contribution in [2.45, 2.75) is 57.2 Å². The summed E-state index contributed by atoms with van der Waals surface area (Å²) in [5, 5.41) is 9.95. The Bertz CT molecular complexity index is 834. The highest BCUT2D eigenvalue weighted by Gasteiger charge is 2.48. The van der Waals surface area contributed by atoms with Crippen molar-refractivity contribution in [3.8, 4) is 0 Å². The number of carbonyl (C=O) groups excluding carboxylic acids is 2. The summed E-state index contributed by atoms with van der Waals surface area (Å²) in [6, 6.07) is 8.10. The van der Waals surface area contributed by atoms with Gasteiger partial charge in [-0.1, -0.05) is 18.2 Å². The number of urea groups is 1. The van der Waals surface area contributed by atoms with Crippen LogP contribution < -0.4 is 16.0 Å². The molecule has 4 rings (SSSR count). The summed E-state index contributed by atoms with van der Waals surface area (Å²) in [4.78, 5) is 23.4. The van der Waals surface area contributed by atoms with Crippen molar-refractivity contribution in [2.24, 2.45) is 0 Å². The molecule has 1 aromatic heterocycles. The van der Waals surface area contributed by atoms with E-state index < -0.39 is 5.54 Å². The molecule has 1 aromatic carbocycles. The zero-order chi connectivity index (χ0) is 17.6. The molecule has 1 aliphatic carbocycles. The Balaban J connectivity index is 1.43. The van der Waals surface area contributed by atoms with E-state index in [4.69, 9.17) is 4.42 Å². The number of hydrogen-bond acceptors (Lipinski definition) is 4. The van der Waals surface area contributed by atoms with E-state index in [1.807, 2.05) is 18.2 Å². The lowest BCUT2D eigenvalue weighted by Gasteiger charge is -2.36. The fourth-order valence-electron chi connectivity index (χ4n) is 4.19. The maximum absolute atomic E-state index is 12.0. The van der Waals surface area contributed by atoms with Crippen molar-refractivity contribution in [1.82, 2.24) is 16.0 Å². The van der Waals surface area contributed by atoms with Crippen molar-refractivity contribution in [2.75, 3.05) is 0 Å². The topological polar surface area (TPSA) is 83.4 Å². The van der Waals surface area contributed by atoms with Crippen molar-refractivity contribution in [3.05, 3.63) is 35.6 Å². The lowest BCUT2D eigenvalue weighted by molar-refractivity contribution is -0.125. The molecule has 6 heteroatoms. The first-order valence-electron chi connectivity index (χ1n) is 8.86. The molecule has 0 radical (unpaired) electrons. The first kappa shape index (κ1) is 16.1. The van der Waals surface area contributed by atoms with Gasteiger partial charge < -0.3 is 15.1 Å². The van der Waals surface area contributed by atoms with Gasteiger partial charge in [0.1, 0.15) is 16.9 Å². The number of benzene rings is 1. The van der Waals surface area contributed by atoms with Crippen molar-refractivity contribution in [1.29, 1.82) is 0 Å². The third-order valence-corrected chi connectivity index (χ3v) is 5.61. The van der Waals surface area contributed by atoms with Crippen LogP contribution in [0, 0.1) is 6.92 Å². The molecule has 2 fully saturated rings. The molecule has 2 heterocycles. The summed E-state index contributed by atoms with van der Waals surface area (Å²) < 4.78 is 6.04. The monoisotopic (exact) mass is 341 g/mol. The normalized spacial score (nSPS) is 27.5. The molecule has 3 N–H and O–H groups in total. The van der Waals surface area contributed by atoms with Crippen LogP contribution in [0.2, 0.25) is 0 Å². The number of carbonyl (C=O) groups is 2. The molecule has 1 spiro atoms. The molecule has 1 atom stereocenters. The standard InChI is InChI=1S/C19H23N3O3/c1-11-14-5-3-4-6-15(14)25-16(11)12(2)20-13-7-9-19(10-8-13)17(23)21-18(24)22-19/h3-6,12-13,20H,7-10H2,1-2H3,(H2,21,22,23,24). The SMILES string of the molecule is Cc1c(C(C)NC2CCC3(CC2)NC(=O)NC3=O)oc2ccccc12. The predicted octanol–water partition coefficient (Wildman–Crippen LogP) is 2.91. The Hall–Kier alpha value is -2.34. The number of aryl methyl sites for hydroxylation is 1. The highest BCUT2D eigenvalue weighted by Crippen LogP contribution is 2.34. The van der Waals surface area contributed by atoms with Gasteiger partial charge in [-0.05, 0) is 51.2 Å². The number of imide groups is 1. The summed E-state index contributed by atoms with van der Waals surface area (Å²) in [7, 11) is 0. The van der Waals surface area contributed by atoms with Crippen LogP contribution in [0.4, 0.5) is 4.79 Å². The average molecular weight is 341 g/mol. The zero-order valence-corrected chi connectivity index (χ0v) is 14.5. The van der Waals surface area contributed by atoms with Gasteiger partial charge in [-0.25, -0.2) is 4.79 Å². The molecule has 3 amide bonds. The summed E-state index contributed by atoms with van der Waals surface area (Å²) in [6.45, 7) is 4.20. The van der Waals surface area contributed by atoms with Gasteiger partial charge in [0.05, 0.1) is 6.04 Å². The van der Waals surface area contributed by atoms with Crippen LogP contribution in [0.25, 0.3) is 11.0 Å². The summed E-state index contributed by atoms with van der Waals surface area (Å²) >= 11 is 0. The second kappa shape index (κ2) is 5.88. The lowest BCUT2D eigenvalue weighted by atomic mass is 9.79. The number of amides is 3. The molecule has 0 bridgehead atoms. The van der Waals surface area contributed by atoms with E-state index in [0.29, 0.717) is 18.9 Å². The minimum Gasteiger partial charge on any atom is -0.459 e. The summed E-state index contributed by atoms with van der Waals surface area (Å²) in [5.41, 5.74) is 1.38. The van der Waals surface area contributed by atoms with Gasteiger partial charge in [-0.3, -0.25) is 10.1 Å². The fourth-order valence-corrected chi connectivity index (χ4v) is 4.19. The fraction of sp³-hybridized carbons (Fsp3) is 0.474. The highest BCUT2D eigenvalue weighted by molar-refractivity contribution is 6.07. The van der Waals surface area contributed by atoms with Crippen molar-refractivity contribution < 1.29 is 14.0 Å². The molecular formula is C19H23N3O3. The third-order valence-electron chi connectivity index (χ3n) is 5.61. The van der Waals surface area contributed by atoms with E-state index in [2.05, 4.69) is 35.9 Å². The van der Waals surface area contributed by atoms with Crippen LogP contribution in [0.15, 0.2) is 28.7 Å². The van der Waals surface area contributed by atoms with Gasteiger partial charge in [0.2, 0.25) is 0 Å². The molecule has 1 aliphatic heterocycles. The largest absolute Gasteiger partial charge is 0.459 e. The van der Waals surface area contributed by atoms with Crippen LogP contribution in [0.3, 0.4) is 0 Å². The van der Waals surface area contributed by atoms with Gasteiger partial charge in [0.25, 0.3) is 5.91 Å². The number of nitrogens with one attached hydrogen (secondary N) is 3. The summed E-state index contributed by atoms with van der Waals surface area (Å²) in [5.74, 6) is 0.783. The van der Waals surface area contributed by atoms with E-state index in [1.165, 1.54) is 5.56 Å². The molecule has 1 saturated carbocycles. The second-order valence-electron chi connectivity index (χ2n) is 7.24. The van der Waals surface area contributed by atoms with E-state index >= 15 is 0 Å². The zero-order valence-electron chi connectivity index (χ0n) is 14.5. The number of furan rings is 1. The van der Waals surface area contributed by atoms with Crippen molar-refractivity contribution in [3.63, 3.8) is 0 Å². The van der Waals surface area contributed by atoms with E-state index in [0.717, 1.165) is 29.6 Å². The average Bonchev–Trinajstić information content (AvgIpc) is 3.07. The van der Waals surface area contributed by atoms with Crippen LogP contribution in [-0.4, -0.2) is 23.5 Å². The smallest absolute Gasteiger partial charge is 0.322 e. The van der Waals surface area contributed by atoms with E-state index in [-0.39, 0.29) is 18.0 Å². The van der Waals surface area contributed by atoms with Crippen LogP contribution >= 0.6 is 0 Å². The highest BCUT2D eigenvalue weighted by atomic mass is 16.3. The molecule has 1 unspecified atom stereocenters. The molecule has 2 aliphatic rings. The van der Waals surface area contributed by atoms with Crippen LogP contribution in [-0.2, 0) is 4.79 Å². The third kappa shape index (κ3) is 2.70. The van der Waals surface area contributed by atoms with Crippen molar-refractivity contribution >= 4 is 22.9 Å². The van der Waals surface area contributed by atoms with E-state index in [9.17, 15) is 9.59 Å². The number of para-hydroxylation sites is 1. The molecular weight excluding hydrogens is 318 g/mol. The Morgan fingerprint density at radius 3 is 2.60 bits per heavy atom. The molecule has 1 saturated heterocycles. The Morgan fingerprint density at radius 1 is 1.24 bits per heavy atom. The Morgan fingerprint density at radius 2 is 1.96 bits per heavy atom.